The highest BCUT2D eigenvalue weighted by Gasteiger charge is 2.27. The second kappa shape index (κ2) is 10.4. The Labute approximate surface area is 182 Å². The zero-order valence-corrected chi connectivity index (χ0v) is 17.6. The second-order valence-corrected chi connectivity index (χ2v) is 7.91. The Kier molecular flexibility index (Phi) is 7.64. The molecule has 3 aromatic rings. The van der Waals surface area contributed by atoms with E-state index >= 15 is 0 Å². The topological polar surface area (TPSA) is 56.1 Å². The molecule has 0 saturated heterocycles. The van der Waals surface area contributed by atoms with Crippen LogP contribution < -0.4 is 5.32 Å². The number of nitrogens with one attached hydrogen (secondary N) is 1. The monoisotopic (exact) mass is 449 g/mol. The standard InChI is InChI=1S/C22H22F3N3O2S/c1-16(14-30-15-22(23,24)25)26-20(29)10-9-18-13-28(12-17-6-3-2-4-7-17)27-21(18)19-8-5-11-31-19/h2-11,13,16H,12,14-15H2,1H3,(H,26,29)/b10-9+. The molecule has 0 aliphatic heterocycles. The van der Waals surface area contributed by atoms with Crippen LogP contribution in [0, 0.1) is 0 Å². The molecule has 1 amide bonds. The smallest absolute Gasteiger partial charge is 0.370 e. The van der Waals surface area contributed by atoms with Gasteiger partial charge in [0, 0.05) is 23.9 Å². The highest BCUT2D eigenvalue weighted by Crippen LogP contribution is 2.27. The number of amides is 1. The van der Waals surface area contributed by atoms with Gasteiger partial charge in [0.2, 0.25) is 5.91 Å². The lowest BCUT2D eigenvalue weighted by atomic mass is 10.2. The first-order chi connectivity index (χ1) is 14.8. The normalized spacial score (nSPS) is 12.9. The van der Waals surface area contributed by atoms with Crippen LogP contribution in [-0.4, -0.2) is 41.1 Å². The van der Waals surface area contributed by atoms with Crippen LogP contribution in [0.1, 0.15) is 18.1 Å². The van der Waals surface area contributed by atoms with Crippen molar-refractivity contribution in [3.63, 3.8) is 0 Å². The Morgan fingerprint density at radius 1 is 1.26 bits per heavy atom. The predicted molar refractivity (Wildman–Crippen MR) is 115 cm³/mol. The van der Waals surface area contributed by atoms with Crippen LogP contribution in [0.4, 0.5) is 13.2 Å². The summed E-state index contributed by atoms with van der Waals surface area (Å²) in [6.07, 6.45) is 0.479. The van der Waals surface area contributed by atoms with Crippen LogP contribution in [0.3, 0.4) is 0 Å². The molecular weight excluding hydrogens is 427 g/mol. The number of aromatic nitrogens is 2. The summed E-state index contributed by atoms with van der Waals surface area (Å²) in [6, 6.07) is 13.2. The molecule has 2 aromatic heterocycles. The van der Waals surface area contributed by atoms with E-state index in [4.69, 9.17) is 0 Å². The molecule has 0 spiro atoms. The van der Waals surface area contributed by atoms with Crippen molar-refractivity contribution in [1.29, 1.82) is 0 Å². The third-order valence-corrected chi connectivity index (χ3v) is 5.05. The molecule has 0 fully saturated rings. The van der Waals surface area contributed by atoms with E-state index in [0.29, 0.717) is 6.54 Å². The highest BCUT2D eigenvalue weighted by atomic mass is 32.1. The van der Waals surface area contributed by atoms with Crippen molar-refractivity contribution in [2.45, 2.75) is 25.7 Å². The van der Waals surface area contributed by atoms with E-state index in [-0.39, 0.29) is 6.61 Å². The van der Waals surface area contributed by atoms with Crippen LogP contribution in [0.25, 0.3) is 16.6 Å². The summed E-state index contributed by atoms with van der Waals surface area (Å²) in [5.74, 6) is -0.420. The summed E-state index contributed by atoms with van der Waals surface area (Å²) in [4.78, 5) is 13.2. The van der Waals surface area contributed by atoms with Crippen LogP contribution >= 0.6 is 11.3 Å². The van der Waals surface area contributed by atoms with Crippen molar-refractivity contribution in [1.82, 2.24) is 15.1 Å². The number of hydrogen-bond acceptors (Lipinski definition) is 4. The van der Waals surface area contributed by atoms with Crippen LogP contribution in [0.2, 0.25) is 0 Å². The van der Waals surface area contributed by atoms with Gasteiger partial charge in [0.05, 0.1) is 18.0 Å². The van der Waals surface area contributed by atoms with Crippen molar-refractivity contribution in [3.05, 3.63) is 71.2 Å². The van der Waals surface area contributed by atoms with E-state index in [1.807, 2.05) is 58.7 Å². The molecule has 0 saturated carbocycles. The molecule has 0 bridgehead atoms. The molecule has 9 heteroatoms. The Hall–Kier alpha value is -2.91. The largest absolute Gasteiger partial charge is 0.411 e. The number of hydrogen-bond donors (Lipinski definition) is 1. The molecule has 3 rings (SSSR count). The minimum atomic E-state index is -4.39. The van der Waals surface area contributed by atoms with Crippen LogP contribution in [-0.2, 0) is 16.1 Å². The van der Waals surface area contributed by atoms with Gasteiger partial charge in [-0.25, -0.2) is 0 Å². The molecule has 0 radical (unpaired) electrons. The second-order valence-electron chi connectivity index (χ2n) is 6.97. The first kappa shape index (κ1) is 22.8. The molecule has 1 N–H and O–H groups in total. The fourth-order valence-corrected chi connectivity index (χ4v) is 3.60. The minimum absolute atomic E-state index is 0.228. The number of alkyl halides is 3. The maximum absolute atomic E-state index is 12.2. The summed E-state index contributed by atoms with van der Waals surface area (Å²) in [7, 11) is 0. The molecule has 164 valence electrons. The molecular formula is C22H22F3N3O2S. The first-order valence-corrected chi connectivity index (χ1v) is 10.5. The Morgan fingerprint density at radius 2 is 2.03 bits per heavy atom. The fourth-order valence-electron chi connectivity index (χ4n) is 2.86. The van der Waals surface area contributed by atoms with Gasteiger partial charge >= 0.3 is 6.18 Å². The first-order valence-electron chi connectivity index (χ1n) is 9.58. The minimum Gasteiger partial charge on any atom is -0.370 e. The number of carbonyl (C=O) groups is 1. The fraction of sp³-hybridized carbons (Fsp3) is 0.273. The Morgan fingerprint density at radius 3 is 2.71 bits per heavy atom. The third kappa shape index (κ3) is 7.37. The predicted octanol–water partition coefficient (Wildman–Crippen LogP) is 4.76. The Balaban J connectivity index is 1.66. The lowest BCUT2D eigenvalue weighted by Gasteiger charge is -2.14. The third-order valence-electron chi connectivity index (χ3n) is 4.17. The number of benzene rings is 1. The maximum atomic E-state index is 12.2. The zero-order chi connectivity index (χ0) is 22.3. The number of rotatable bonds is 9. The average molecular weight is 449 g/mol. The van der Waals surface area contributed by atoms with E-state index in [1.165, 1.54) is 6.08 Å². The van der Waals surface area contributed by atoms with Crippen molar-refractivity contribution in [2.75, 3.05) is 13.2 Å². The number of carbonyl (C=O) groups excluding carboxylic acids is 1. The number of halogens is 3. The summed E-state index contributed by atoms with van der Waals surface area (Å²) in [6.45, 7) is 0.603. The van der Waals surface area contributed by atoms with Gasteiger partial charge in [-0.3, -0.25) is 9.48 Å². The van der Waals surface area contributed by atoms with Gasteiger partial charge in [-0.1, -0.05) is 36.4 Å². The molecule has 1 unspecified atom stereocenters. The van der Waals surface area contributed by atoms with Gasteiger partial charge in [-0.05, 0) is 30.0 Å². The molecule has 0 aliphatic carbocycles. The maximum Gasteiger partial charge on any atom is 0.411 e. The van der Waals surface area contributed by atoms with E-state index < -0.39 is 24.7 Å². The van der Waals surface area contributed by atoms with Crippen LogP contribution in [0.15, 0.2) is 60.1 Å². The molecule has 31 heavy (non-hydrogen) atoms. The van der Waals surface area contributed by atoms with Gasteiger partial charge in [0.15, 0.2) is 0 Å². The average Bonchev–Trinajstić information content (AvgIpc) is 3.36. The summed E-state index contributed by atoms with van der Waals surface area (Å²) >= 11 is 1.55. The van der Waals surface area contributed by atoms with Crippen molar-refractivity contribution >= 4 is 23.3 Å². The quantitative estimate of drug-likeness (QED) is 0.480. The van der Waals surface area contributed by atoms with Gasteiger partial charge in [0.1, 0.15) is 12.3 Å². The van der Waals surface area contributed by atoms with Crippen molar-refractivity contribution < 1.29 is 22.7 Å². The molecule has 5 nitrogen and oxygen atoms in total. The lowest BCUT2D eigenvalue weighted by Crippen LogP contribution is -2.35. The summed E-state index contributed by atoms with van der Waals surface area (Å²) < 4.78 is 42.8. The molecule has 2 heterocycles. The zero-order valence-electron chi connectivity index (χ0n) is 16.8. The SMILES string of the molecule is CC(COCC(F)(F)F)NC(=O)/C=C/c1cn(Cc2ccccc2)nc1-c1cccs1. The van der Waals surface area contributed by atoms with E-state index in [9.17, 15) is 18.0 Å². The van der Waals surface area contributed by atoms with E-state index in [2.05, 4.69) is 15.2 Å². The van der Waals surface area contributed by atoms with Crippen LogP contribution in [0.5, 0.6) is 0 Å². The summed E-state index contributed by atoms with van der Waals surface area (Å²) in [5.41, 5.74) is 2.63. The van der Waals surface area contributed by atoms with Gasteiger partial charge in [-0.2, -0.15) is 18.3 Å². The number of nitrogens with zero attached hydrogens (tertiary/aromatic N) is 2. The molecule has 1 atom stereocenters. The Bertz CT molecular complexity index is 999. The number of ether oxygens (including phenoxy) is 1. The van der Waals surface area contributed by atoms with Gasteiger partial charge in [-0.15, -0.1) is 11.3 Å². The number of thiophene rings is 1. The summed E-state index contributed by atoms with van der Waals surface area (Å²) in [5, 5.41) is 9.22. The lowest BCUT2D eigenvalue weighted by molar-refractivity contribution is -0.175. The van der Waals surface area contributed by atoms with Crippen molar-refractivity contribution in [2.24, 2.45) is 0 Å². The van der Waals surface area contributed by atoms with E-state index in [0.717, 1.165) is 21.7 Å². The van der Waals surface area contributed by atoms with Crippen molar-refractivity contribution in [3.8, 4) is 10.6 Å². The molecule has 1 aromatic carbocycles. The van der Waals surface area contributed by atoms with Gasteiger partial charge < -0.3 is 10.1 Å². The highest BCUT2D eigenvalue weighted by molar-refractivity contribution is 7.13. The van der Waals surface area contributed by atoms with E-state index in [1.54, 1.807) is 24.3 Å². The van der Waals surface area contributed by atoms with Gasteiger partial charge in [0.25, 0.3) is 0 Å². The molecule has 0 aliphatic rings.